The van der Waals surface area contributed by atoms with Crippen molar-refractivity contribution in [3.05, 3.63) is 89.1 Å². The van der Waals surface area contributed by atoms with Crippen LogP contribution in [0.2, 0.25) is 0 Å². The van der Waals surface area contributed by atoms with Crippen molar-refractivity contribution in [2.24, 2.45) is 0 Å². The molecule has 2 N–H and O–H groups in total. The number of fused-ring (bicyclic) bond motifs is 1. The standard InChI is InChI=1S/C22H17N3O3.ClH/c1-28-17-8-6-16(7-9-17)25-22(27)19-10-15(12-24-21(19)26)20-13-23-11-14-4-2-3-5-18(14)20;/h2-13H,1H3,(H,24,26)(H,25,27);1H. The summed E-state index contributed by atoms with van der Waals surface area (Å²) in [6.07, 6.45) is 5.10. The molecule has 29 heavy (non-hydrogen) atoms. The third-order valence-electron chi connectivity index (χ3n) is 4.47. The van der Waals surface area contributed by atoms with Crippen LogP contribution in [0.5, 0.6) is 5.75 Å². The number of methoxy groups -OCH3 is 1. The zero-order valence-corrected chi connectivity index (χ0v) is 16.3. The van der Waals surface area contributed by atoms with Gasteiger partial charge in [-0.15, -0.1) is 12.4 Å². The lowest BCUT2D eigenvalue weighted by Crippen LogP contribution is -2.23. The van der Waals surface area contributed by atoms with Crippen LogP contribution in [0.1, 0.15) is 10.4 Å². The van der Waals surface area contributed by atoms with Crippen molar-refractivity contribution in [2.75, 3.05) is 12.4 Å². The van der Waals surface area contributed by atoms with Crippen molar-refractivity contribution >= 4 is 34.8 Å². The van der Waals surface area contributed by atoms with E-state index in [1.165, 1.54) is 0 Å². The second-order valence-corrected chi connectivity index (χ2v) is 6.22. The molecular formula is C22H18ClN3O3. The van der Waals surface area contributed by atoms with Crippen LogP contribution in [0.25, 0.3) is 21.9 Å². The highest BCUT2D eigenvalue weighted by atomic mass is 35.5. The molecule has 0 saturated heterocycles. The van der Waals surface area contributed by atoms with Crippen LogP contribution in [-0.4, -0.2) is 23.0 Å². The number of halogens is 1. The van der Waals surface area contributed by atoms with Gasteiger partial charge in [0.25, 0.3) is 11.5 Å². The largest absolute Gasteiger partial charge is 0.497 e. The molecule has 0 atom stereocenters. The predicted molar refractivity (Wildman–Crippen MR) is 116 cm³/mol. The third-order valence-corrected chi connectivity index (χ3v) is 4.47. The Balaban J connectivity index is 0.00000240. The topological polar surface area (TPSA) is 84.1 Å². The number of nitrogens with one attached hydrogen (secondary N) is 2. The quantitative estimate of drug-likeness (QED) is 0.529. The first kappa shape index (κ1) is 20.1. The fraction of sp³-hybridized carbons (Fsp3) is 0.0455. The molecule has 0 aliphatic rings. The highest BCUT2D eigenvalue weighted by molar-refractivity contribution is 6.05. The van der Waals surface area contributed by atoms with Gasteiger partial charge in [0.15, 0.2) is 0 Å². The van der Waals surface area contributed by atoms with Crippen LogP contribution in [0.3, 0.4) is 0 Å². The first-order valence-corrected chi connectivity index (χ1v) is 8.67. The molecule has 2 aromatic carbocycles. The number of carbonyl (C=O) groups is 1. The van der Waals surface area contributed by atoms with Gasteiger partial charge < -0.3 is 15.0 Å². The van der Waals surface area contributed by atoms with Crippen molar-refractivity contribution in [1.29, 1.82) is 0 Å². The van der Waals surface area contributed by atoms with Gasteiger partial charge in [0.2, 0.25) is 0 Å². The van der Waals surface area contributed by atoms with Crippen molar-refractivity contribution < 1.29 is 9.53 Å². The van der Waals surface area contributed by atoms with Gasteiger partial charge in [0, 0.05) is 40.8 Å². The molecule has 0 aliphatic heterocycles. The number of anilines is 1. The van der Waals surface area contributed by atoms with Gasteiger partial charge in [-0.3, -0.25) is 14.6 Å². The molecule has 4 aromatic rings. The van der Waals surface area contributed by atoms with E-state index in [1.807, 2.05) is 24.3 Å². The van der Waals surface area contributed by atoms with E-state index in [0.717, 1.165) is 16.3 Å². The maximum Gasteiger partial charge on any atom is 0.261 e. The summed E-state index contributed by atoms with van der Waals surface area (Å²) in [6.45, 7) is 0. The average Bonchev–Trinajstić information content (AvgIpc) is 2.74. The Morgan fingerprint density at radius 3 is 2.59 bits per heavy atom. The van der Waals surface area contributed by atoms with Crippen LogP contribution in [-0.2, 0) is 0 Å². The van der Waals surface area contributed by atoms with Crippen LogP contribution in [0.4, 0.5) is 5.69 Å². The van der Waals surface area contributed by atoms with E-state index in [1.54, 1.807) is 56.0 Å². The van der Waals surface area contributed by atoms with Crippen LogP contribution in [0, 0.1) is 0 Å². The van der Waals surface area contributed by atoms with Gasteiger partial charge in [-0.25, -0.2) is 0 Å². The number of aromatic nitrogens is 2. The number of H-pyrrole nitrogens is 1. The molecule has 0 fully saturated rings. The number of aromatic amines is 1. The third kappa shape index (κ3) is 4.12. The van der Waals surface area contributed by atoms with E-state index >= 15 is 0 Å². The number of benzene rings is 2. The lowest BCUT2D eigenvalue weighted by atomic mass is 10.0. The Bertz CT molecular complexity index is 1210. The van der Waals surface area contributed by atoms with E-state index in [4.69, 9.17) is 4.74 Å². The van der Waals surface area contributed by atoms with Crippen LogP contribution >= 0.6 is 12.4 Å². The molecule has 6 nitrogen and oxygen atoms in total. The van der Waals surface area contributed by atoms with Gasteiger partial charge in [0.05, 0.1) is 7.11 Å². The zero-order chi connectivity index (χ0) is 19.5. The van der Waals surface area contributed by atoms with E-state index in [2.05, 4.69) is 15.3 Å². The van der Waals surface area contributed by atoms with E-state index in [0.29, 0.717) is 17.0 Å². The number of rotatable bonds is 4. The summed E-state index contributed by atoms with van der Waals surface area (Å²) in [4.78, 5) is 31.8. The van der Waals surface area contributed by atoms with Crippen LogP contribution < -0.4 is 15.6 Å². The maximum atomic E-state index is 12.7. The van der Waals surface area contributed by atoms with Crippen LogP contribution in [0.15, 0.2) is 78.0 Å². The average molecular weight is 408 g/mol. The Labute approximate surface area is 173 Å². The Hall–Kier alpha value is -3.64. The Morgan fingerprint density at radius 1 is 1.07 bits per heavy atom. The maximum absolute atomic E-state index is 12.7. The van der Waals surface area contributed by atoms with Crippen molar-refractivity contribution in [3.8, 4) is 16.9 Å². The summed E-state index contributed by atoms with van der Waals surface area (Å²) in [6, 6.07) is 16.3. The van der Waals surface area contributed by atoms with Crippen molar-refractivity contribution in [1.82, 2.24) is 9.97 Å². The Morgan fingerprint density at radius 2 is 1.83 bits per heavy atom. The summed E-state index contributed by atoms with van der Waals surface area (Å²) in [5.74, 6) is 0.197. The SMILES string of the molecule is COc1ccc(NC(=O)c2cc(-c3cncc4ccccc34)c[nH]c2=O)cc1.Cl. The zero-order valence-electron chi connectivity index (χ0n) is 15.5. The van der Waals surface area contributed by atoms with Gasteiger partial charge in [-0.05, 0) is 35.7 Å². The molecule has 4 rings (SSSR count). The molecule has 0 bridgehead atoms. The minimum absolute atomic E-state index is 0. The molecule has 146 valence electrons. The first-order valence-electron chi connectivity index (χ1n) is 8.67. The fourth-order valence-corrected chi connectivity index (χ4v) is 3.03. The van der Waals surface area contributed by atoms with E-state index in [9.17, 15) is 9.59 Å². The minimum Gasteiger partial charge on any atom is -0.497 e. The fourth-order valence-electron chi connectivity index (χ4n) is 3.03. The summed E-state index contributed by atoms with van der Waals surface area (Å²) >= 11 is 0. The first-order chi connectivity index (χ1) is 13.7. The molecular weight excluding hydrogens is 390 g/mol. The second kappa shape index (κ2) is 8.58. The lowest BCUT2D eigenvalue weighted by molar-refractivity contribution is 0.102. The number of nitrogens with zero attached hydrogens (tertiary/aromatic N) is 1. The number of ether oxygens (including phenoxy) is 1. The normalized spacial score (nSPS) is 10.2. The summed E-state index contributed by atoms with van der Waals surface area (Å²) in [7, 11) is 1.57. The molecule has 2 heterocycles. The van der Waals surface area contributed by atoms with E-state index in [-0.39, 0.29) is 18.0 Å². The summed E-state index contributed by atoms with van der Waals surface area (Å²) in [5, 5.41) is 4.71. The number of pyridine rings is 2. The molecule has 7 heteroatoms. The molecule has 0 aliphatic carbocycles. The van der Waals surface area contributed by atoms with E-state index < -0.39 is 11.5 Å². The van der Waals surface area contributed by atoms with Crippen molar-refractivity contribution in [3.63, 3.8) is 0 Å². The van der Waals surface area contributed by atoms with Gasteiger partial charge >= 0.3 is 0 Å². The highest BCUT2D eigenvalue weighted by Crippen LogP contribution is 2.27. The van der Waals surface area contributed by atoms with Crippen molar-refractivity contribution in [2.45, 2.75) is 0 Å². The highest BCUT2D eigenvalue weighted by Gasteiger charge is 2.14. The molecule has 0 radical (unpaired) electrons. The summed E-state index contributed by atoms with van der Waals surface area (Å²) in [5.41, 5.74) is 1.70. The molecule has 1 amide bonds. The Kier molecular flexibility index (Phi) is 5.95. The number of amides is 1. The molecule has 2 aromatic heterocycles. The number of hydrogen-bond donors (Lipinski definition) is 2. The number of hydrogen-bond acceptors (Lipinski definition) is 4. The predicted octanol–water partition coefficient (Wildman–Crippen LogP) is 4.27. The minimum atomic E-state index is -0.485. The van der Waals surface area contributed by atoms with Gasteiger partial charge in [0.1, 0.15) is 11.3 Å². The van der Waals surface area contributed by atoms with Gasteiger partial charge in [-0.2, -0.15) is 0 Å². The molecule has 0 spiro atoms. The molecule has 0 saturated carbocycles. The number of carbonyl (C=O) groups excluding carboxylic acids is 1. The smallest absolute Gasteiger partial charge is 0.261 e. The lowest BCUT2D eigenvalue weighted by Gasteiger charge is -2.09. The van der Waals surface area contributed by atoms with Gasteiger partial charge in [-0.1, -0.05) is 24.3 Å². The summed E-state index contributed by atoms with van der Waals surface area (Å²) < 4.78 is 5.10. The second-order valence-electron chi connectivity index (χ2n) is 6.22. The molecule has 0 unspecified atom stereocenters. The monoisotopic (exact) mass is 407 g/mol.